The predicted octanol–water partition coefficient (Wildman–Crippen LogP) is 3.73. The van der Waals surface area contributed by atoms with E-state index in [2.05, 4.69) is 5.32 Å². The summed E-state index contributed by atoms with van der Waals surface area (Å²) >= 11 is 0. The van der Waals surface area contributed by atoms with Crippen molar-refractivity contribution in [2.24, 2.45) is 17.8 Å². The lowest BCUT2D eigenvalue weighted by atomic mass is 9.86. The van der Waals surface area contributed by atoms with E-state index < -0.39 is 11.6 Å². The molecule has 0 saturated heterocycles. The maximum atomic E-state index is 13.0. The molecule has 2 saturated carbocycles. The van der Waals surface area contributed by atoms with E-state index in [1.165, 1.54) is 25.3 Å². The van der Waals surface area contributed by atoms with Gasteiger partial charge in [0.2, 0.25) is 5.91 Å². The van der Waals surface area contributed by atoms with E-state index in [1.54, 1.807) is 0 Å². The molecule has 0 heterocycles. The van der Waals surface area contributed by atoms with E-state index in [-0.39, 0.29) is 5.91 Å². The molecule has 0 spiro atoms. The minimum Gasteiger partial charge on any atom is -0.326 e. The van der Waals surface area contributed by atoms with E-state index in [9.17, 15) is 13.6 Å². The highest BCUT2D eigenvalue weighted by molar-refractivity contribution is 5.90. The summed E-state index contributed by atoms with van der Waals surface area (Å²) in [5.41, 5.74) is 0.326. The zero-order valence-electron chi connectivity index (χ0n) is 10.7. The molecule has 3 rings (SSSR count). The van der Waals surface area contributed by atoms with Gasteiger partial charge in [-0.3, -0.25) is 4.79 Å². The molecule has 2 bridgehead atoms. The summed E-state index contributed by atoms with van der Waals surface area (Å²) in [5.74, 6) is 0.0585. The lowest BCUT2D eigenvalue weighted by molar-refractivity contribution is -0.117. The number of hydrogen-bond donors (Lipinski definition) is 1. The SMILES string of the molecule is O=C(C[C@H]1C[C@H]2CC[C@H]1C2)Nc1ccc(F)c(F)c1. The number of halogens is 2. The molecule has 1 amide bonds. The van der Waals surface area contributed by atoms with Crippen molar-refractivity contribution in [1.29, 1.82) is 0 Å². The summed E-state index contributed by atoms with van der Waals surface area (Å²) in [7, 11) is 0. The Morgan fingerprint density at radius 1 is 1.21 bits per heavy atom. The van der Waals surface area contributed by atoms with Crippen LogP contribution in [-0.4, -0.2) is 5.91 Å². The molecule has 102 valence electrons. The first kappa shape index (κ1) is 12.6. The van der Waals surface area contributed by atoms with Crippen LogP contribution in [0.5, 0.6) is 0 Å². The summed E-state index contributed by atoms with van der Waals surface area (Å²) in [5, 5.41) is 2.65. The third-order valence-electron chi connectivity index (χ3n) is 4.54. The Balaban J connectivity index is 1.57. The Morgan fingerprint density at radius 2 is 2.05 bits per heavy atom. The molecule has 3 atom stereocenters. The van der Waals surface area contributed by atoms with Gasteiger partial charge in [0.05, 0.1) is 0 Å². The van der Waals surface area contributed by atoms with Crippen molar-refractivity contribution in [3.8, 4) is 0 Å². The standard InChI is InChI=1S/C15H17F2NO/c16-13-4-3-12(8-14(13)17)18-15(19)7-11-6-9-1-2-10(11)5-9/h3-4,8-11H,1-2,5-7H2,(H,18,19)/t9-,10-,11+/m0/s1. The second kappa shape index (κ2) is 4.91. The number of hydrogen-bond acceptors (Lipinski definition) is 1. The fraction of sp³-hybridized carbons (Fsp3) is 0.533. The molecule has 1 N–H and O–H groups in total. The van der Waals surface area contributed by atoms with Crippen LogP contribution in [0.3, 0.4) is 0 Å². The normalized spacial score (nSPS) is 28.6. The van der Waals surface area contributed by atoms with Crippen LogP contribution >= 0.6 is 0 Å². The monoisotopic (exact) mass is 265 g/mol. The maximum absolute atomic E-state index is 13.0. The van der Waals surface area contributed by atoms with E-state index >= 15 is 0 Å². The van der Waals surface area contributed by atoms with Gasteiger partial charge in [-0.25, -0.2) is 8.78 Å². The van der Waals surface area contributed by atoms with Gasteiger partial charge in [0, 0.05) is 18.2 Å². The number of fused-ring (bicyclic) bond motifs is 2. The Morgan fingerprint density at radius 3 is 2.68 bits per heavy atom. The topological polar surface area (TPSA) is 29.1 Å². The van der Waals surface area contributed by atoms with Gasteiger partial charge in [0.1, 0.15) is 0 Å². The highest BCUT2D eigenvalue weighted by Crippen LogP contribution is 2.49. The van der Waals surface area contributed by atoms with Crippen molar-refractivity contribution in [1.82, 2.24) is 0 Å². The van der Waals surface area contributed by atoms with Crippen LogP contribution < -0.4 is 5.32 Å². The number of carbonyl (C=O) groups excluding carboxylic acids is 1. The predicted molar refractivity (Wildman–Crippen MR) is 68.5 cm³/mol. The molecule has 1 aromatic rings. The average Bonchev–Trinajstić information content (AvgIpc) is 2.96. The number of rotatable bonds is 3. The molecule has 2 fully saturated rings. The van der Waals surface area contributed by atoms with Gasteiger partial charge in [0.15, 0.2) is 11.6 Å². The third kappa shape index (κ3) is 2.62. The van der Waals surface area contributed by atoms with E-state index in [0.29, 0.717) is 23.9 Å². The zero-order chi connectivity index (χ0) is 13.4. The van der Waals surface area contributed by atoms with Crippen LogP contribution in [0.15, 0.2) is 18.2 Å². The smallest absolute Gasteiger partial charge is 0.224 e. The third-order valence-corrected chi connectivity index (χ3v) is 4.54. The second-order valence-corrected chi connectivity index (χ2v) is 5.82. The lowest BCUT2D eigenvalue weighted by Gasteiger charge is -2.20. The van der Waals surface area contributed by atoms with Gasteiger partial charge in [-0.05, 0) is 49.1 Å². The Kier molecular flexibility index (Phi) is 3.25. The molecule has 1 aromatic carbocycles. The molecule has 2 aliphatic rings. The summed E-state index contributed by atoms with van der Waals surface area (Å²) in [6.07, 6.45) is 5.47. The molecule has 4 heteroatoms. The largest absolute Gasteiger partial charge is 0.326 e. The summed E-state index contributed by atoms with van der Waals surface area (Å²) < 4.78 is 25.8. The van der Waals surface area contributed by atoms with E-state index in [0.717, 1.165) is 24.5 Å². The molecule has 2 nitrogen and oxygen atoms in total. The Hall–Kier alpha value is -1.45. The maximum Gasteiger partial charge on any atom is 0.224 e. The number of nitrogens with one attached hydrogen (secondary N) is 1. The van der Waals surface area contributed by atoms with Crippen molar-refractivity contribution >= 4 is 11.6 Å². The van der Waals surface area contributed by atoms with Gasteiger partial charge in [-0.2, -0.15) is 0 Å². The lowest BCUT2D eigenvalue weighted by Crippen LogP contribution is -2.20. The fourth-order valence-corrected chi connectivity index (χ4v) is 3.65. The average molecular weight is 265 g/mol. The van der Waals surface area contributed by atoms with Crippen LogP contribution in [0.4, 0.5) is 14.5 Å². The first-order chi connectivity index (χ1) is 9.11. The van der Waals surface area contributed by atoms with Gasteiger partial charge in [-0.1, -0.05) is 6.42 Å². The fourth-order valence-electron chi connectivity index (χ4n) is 3.65. The minimum absolute atomic E-state index is 0.0939. The van der Waals surface area contributed by atoms with Crippen molar-refractivity contribution in [2.75, 3.05) is 5.32 Å². The van der Waals surface area contributed by atoms with E-state index in [1.807, 2.05) is 0 Å². The summed E-state index contributed by atoms with van der Waals surface area (Å²) in [6, 6.07) is 3.44. The highest BCUT2D eigenvalue weighted by Gasteiger charge is 2.40. The second-order valence-electron chi connectivity index (χ2n) is 5.82. The molecule has 2 aliphatic carbocycles. The molecule has 0 unspecified atom stereocenters. The molecule has 0 aromatic heterocycles. The van der Waals surface area contributed by atoms with Crippen LogP contribution in [0.2, 0.25) is 0 Å². The van der Waals surface area contributed by atoms with Crippen LogP contribution in [-0.2, 0) is 4.79 Å². The minimum atomic E-state index is -0.933. The van der Waals surface area contributed by atoms with Gasteiger partial charge in [0.25, 0.3) is 0 Å². The van der Waals surface area contributed by atoms with E-state index in [4.69, 9.17) is 0 Å². The molecule has 0 aliphatic heterocycles. The van der Waals surface area contributed by atoms with Crippen LogP contribution in [0.25, 0.3) is 0 Å². The Labute approximate surface area is 111 Å². The van der Waals surface area contributed by atoms with Crippen LogP contribution in [0.1, 0.15) is 32.1 Å². The first-order valence-corrected chi connectivity index (χ1v) is 6.86. The molecule has 0 radical (unpaired) electrons. The molecular formula is C15H17F2NO. The van der Waals surface area contributed by atoms with Gasteiger partial charge in [-0.15, -0.1) is 0 Å². The van der Waals surface area contributed by atoms with Crippen molar-refractivity contribution < 1.29 is 13.6 Å². The van der Waals surface area contributed by atoms with Crippen molar-refractivity contribution in [3.63, 3.8) is 0 Å². The molecule has 19 heavy (non-hydrogen) atoms. The quantitative estimate of drug-likeness (QED) is 0.886. The summed E-state index contributed by atoms with van der Waals surface area (Å²) in [6.45, 7) is 0. The zero-order valence-corrected chi connectivity index (χ0v) is 10.7. The number of amides is 1. The van der Waals surface area contributed by atoms with Gasteiger partial charge >= 0.3 is 0 Å². The Bertz CT molecular complexity index is 503. The molecular weight excluding hydrogens is 248 g/mol. The summed E-state index contributed by atoms with van der Waals surface area (Å²) in [4.78, 5) is 11.9. The number of benzene rings is 1. The highest BCUT2D eigenvalue weighted by atomic mass is 19.2. The number of anilines is 1. The number of carbonyl (C=O) groups is 1. The van der Waals surface area contributed by atoms with Gasteiger partial charge < -0.3 is 5.32 Å². The first-order valence-electron chi connectivity index (χ1n) is 6.86. The van der Waals surface area contributed by atoms with Crippen LogP contribution in [0, 0.1) is 29.4 Å². The van der Waals surface area contributed by atoms with Crippen molar-refractivity contribution in [2.45, 2.75) is 32.1 Å². The van der Waals surface area contributed by atoms with Crippen molar-refractivity contribution in [3.05, 3.63) is 29.8 Å².